The zero-order valence-corrected chi connectivity index (χ0v) is 14.4. The van der Waals surface area contributed by atoms with E-state index in [2.05, 4.69) is 16.2 Å². The van der Waals surface area contributed by atoms with E-state index < -0.39 is 9.84 Å². The van der Waals surface area contributed by atoms with Gasteiger partial charge in [0.1, 0.15) is 10.6 Å². The molecule has 8 heteroatoms. The minimum absolute atomic E-state index is 0.120. The molecule has 3 rings (SSSR count). The van der Waals surface area contributed by atoms with Crippen molar-refractivity contribution in [2.24, 2.45) is 0 Å². The second-order valence-electron chi connectivity index (χ2n) is 5.28. The van der Waals surface area contributed by atoms with E-state index in [0.29, 0.717) is 22.6 Å². The maximum absolute atomic E-state index is 11.8. The maximum atomic E-state index is 11.8. The molecule has 0 unspecified atom stereocenters. The molecular formula is C17H14N4O3S. The van der Waals surface area contributed by atoms with Crippen LogP contribution >= 0.6 is 0 Å². The first-order valence-corrected chi connectivity index (χ1v) is 9.12. The lowest BCUT2D eigenvalue weighted by Crippen LogP contribution is -2.03. The summed E-state index contributed by atoms with van der Waals surface area (Å²) in [5.74, 6) is 0.747. The summed E-state index contributed by atoms with van der Waals surface area (Å²) in [5, 5.41) is 13.3. The number of benzene rings is 1. The van der Waals surface area contributed by atoms with Crippen molar-refractivity contribution in [1.29, 1.82) is 5.26 Å². The maximum Gasteiger partial charge on any atom is 0.179 e. The van der Waals surface area contributed by atoms with Crippen LogP contribution in [0, 0.1) is 11.3 Å². The summed E-state index contributed by atoms with van der Waals surface area (Å²) in [4.78, 5) is 4.36. The Hall–Kier alpha value is -3.18. The quantitative estimate of drug-likeness (QED) is 0.712. The Bertz CT molecular complexity index is 1080. The van der Waals surface area contributed by atoms with Crippen molar-refractivity contribution in [2.75, 3.05) is 13.4 Å². The van der Waals surface area contributed by atoms with E-state index in [4.69, 9.17) is 10.00 Å². The van der Waals surface area contributed by atoms with Gasteiger partial charge in [0.25, 0.3) is 0 Å². The van der Waals surface area contributed by atoms with Gasteiger partial charge in [-0.25, -0.2) is 18.1 Å². The van der Waals surface area contributed by atoms with Gasteiger partial charge < -0.3 is 4.74 Å². The van der Waals surface area contributed by atoms with Gasteiger partial charge in [-0.3, -0.25) is 0 Å². The fraction of sp³-hybridized carbons (Fsp3) is 0.118. The fourth-order valence-corrected chi connectivity index (χ4v) is 3.26. The molecule has 0 atom stereocenters. The van der Waals surface area contributed by atoms with Crippen LogP contribution in [0.1, 0.15) is 5.56 Å². The second-order valence-corrected chi connectivity index (χ2v) is 7.26. The highest BCUT2D eigenvalue weighted by atomic mass is 32.2. The summed E-state index contributed by atoms with van der Waals surface area (Å²) in [6.45, 7) is 0. The van der Waals surface area contributed by atoms with Gasteiger partial charge in [-0.1, -0.05) is 6.07 Å². The molecule has 0 saturated heterocycles. The van der Waals surface area contributed by atoms with Crippen LogP contribution in [0.3, 0.4) is 0 Å². The van der Waals surface area contributed by atoms with E-state index in [9.17, 15) is 8.42 Å². The summed E-state index contributed by atoms with van der Waals surface area (Å²) in [7, 11) is -1.98. The van der Waals surface area contributed by atoms with E-state index in [1.807, 2.05) is 0 Å². The molecule has 0 spiro atoms. The highest BCUT2D eigenvalue weighted by Gasteiger charge is 2.17. The molecule has 0 aliphatic rings. The zero-order chi connectivity index (χ0) is 18.0. The van der Waals surface area contributed by atoms with Crippen LogP contribution in [0.25, 0.3) is 17.1 Å². The summed E-state index contributed by atoms with van der Waals surface area (Å²) in [6, 6.07) is 11.9. The highest BCUT2D eigenvalue weighted by Crippen LogP contribution is 2.30. The number of aromatic nitrogens is 3. The molecule has 0 aliphatic heterocycles. The van der Waals surface area contributed by atoms with Gasteiger partial charge in [-0.2, -0.15) is 10.4 Å². The number of nitrogens with zero attached hydrogens (tertiary/aromatic N) is 4. The summed E-state index contributed by atoms with van der Waals surface area (Å²) < 4.78 is 30.5. The Balaban J connectivity index is 2.13. The number of ether oxygens (including phenoxy) is 1. The molecule has 0 radical (unpaired) electrons. The van der Waals surface area contributed by atoms with Crippen LogP contribution in [-0.2, 0) is 9.84 Å². The molecule has 25 heavy (non-hydrogen) atoms. The third kappa shape index (κ3) is 3.22. The van der Waals surface area contributed by atoms with Crippen molar-refractivity contribution in [3.63, 3.8) is 0 Å². The van der Waals surface area contributed by atoms with Gasteiger partial charge in [0.2, 0.25) is 0 Å². The van der Waals surface area contributed by atoms with Gasteiger partial charge >= 0.3 is 0 Å². The first-order chi connectivity index (χ1) is 11.9. The summed E-state index contributed by atoms with van der Waals surface area (Å²) in [6.07, 6.45) is 4.27. The van der Waals surface area contributed by atoms with Crippen molar-refractivity contribution in [1.82, 2.24) is 14.8 Å². The number of pyridine rings is 1. The van der Waals surface area contributed by atoms with Crippen molar-refractivity contribution in [3.8, 4) is 28.9 Å². The third-order valence-corrected chi connectivity index (χ3v) is 4.73. The molecule has 7 nitrogen and oxygen atoms in total. The van der Waals surface area contributed by atoms with Gasteiger partial charge in [-0.05, 0) is 24.3 Å². The van der Waals surface area contributed by atoms with Crippen LogP contribution in [0.4, 0.5) is 0 Å². The molecule has 0 aliphatic carbocycles. The van der Waals surface area contributed by atoms with E-state index in [1.165, 1.54) is 19.4 Å². The van der Waals surface area contributed by atoms with Gasteiger partial charge in [0, 0.05) is 24.1 Å². The first-order valence-electron chi connectivity index (χ1n) is 7.23. The predicted octanol–water partition coefficient (Wildman–Crippen LogP) is 2.22. The Morgan fingerprint density at radius 3 is 2.64 bits per heavy atom. The topological polar surface area (TPSA) is 97.9 Å². The average Bonchev–Trinajstić information content (AvgIpc) is 3.10. The van der Waals surface area contributed by atoms with Gasteiger partial charge in [-0.15, -0.1) is 0 Å². The van der Waals surface area contributed by atoms with Crippen LogP contribution in [-0.4, -0.2) is 36.5 Å². The highest BCUT2D eigenvalue weighted by molar-refractivity contribution is 7.90. The minimum atomic E-state index is -3.40. The number of nitriles is 1. The molecule has 0 amide bonds. The second kappa shape index (κ2) is 6.37. The van der Waals surface area contributed by atoms with Crippen molar-refractivity contribution >= 4 is 9.84 Å². The SMILES string of the molecule is COc1cc(-c2ccnn2-c2cc(C#N)ccn2)ccc1S(C)(=O)=O. The number of hydrogen-bond donors (Lipinski definition) is 0. The summed E-state index contributed by atoms with van der Waals surface area (Å²) in [5.41, 5.74) is 1.88. The molecule has 1 aromatic carbocycles. The number of methoxy groups -OCH3 is 1. The van der Waals surface area contributed by atoms with Crippen molar-refractivity contribution in [2.45, 2.75) is 4.90 Å². The molecule has 126 valence electrons. The molecular weight excluding hydrogens is 340 g/mol. The largest absolute Gasteiger partial charge is 0.495 e. The van der Waals surface area contributed by atoms with E-state index in [-0.39, 0.29) is 10.6 Å². The van der Waals surface area contributed by atoms with Crippen LogP contribution < -0.4 is 4.74 Å². The predicted molar refractivity (Wildman–Crippen MR) is 91.2 cm³/mol. The average molecular weight is 354 g/mol. The molecule has 2 heterocycles. The monoisotopic (exact) mass is 354 g/mol. The Kier molecular flexibility index (Phi) is 4.25. The lowest BCUT2D eigenvalue weighted by Gasteiger charge is -2.11. The van der Waals surface area contributed by atoms with Gasteiger partial charge in [0.15, 0.2) is 15.7 Å². The Morgan fingerprint density at radius 1 is 1.16 bits per heavy atom. The fourth-order valence-electron chi connectivity index (χ4n) is 2.44. The van der Waals surface area contributed by atoms with E-state index >= 15 is 0 Å². The number of sulfone groups is 1. The lowest BCUT2D eigenvalue weighted by atomic mass is 10.1. The van der Waals surface area contributed by atoms with Crippen LogP contribution in [0.2, 0.25) is 0 Å². The molecule has 0 N–H and O–H groups in total. The molecule has 0 fully saturated rings. The van der Waals surface area contributed by atoms with E-state index in [1.54, 1.807) is 41.2 Å². The molecule has 0 bridgehead atoms. The van der Waals surface area contributed by atoms with Gasteiger partial charge in [0.05, 0.1) is 30.6 Å². The van der Waals surface area contributed by atoms with Crippen molar-refractivity contribution in [3.05, 3.63) is 54.4 Å². The number of hydrogen-bond acceptors (Lipinski definition) is 6. The first kappa shape index (κ1) is 16.7. The van der Waals surface area contributed by atoms with Crippen molar-refractivity contribution < 1.29 is 13.2 Å². The molecule has 3 aromatic rings. The summed E-state index contributed by atoms with van der Waals surface area (Å²) >= 11 is 0. The smallest absolute Gasteiger partial charge is 0.179 e. The minimum Gasteiger partial charge on any atom is -0.495 e. The molecule has 2 aromatic heterocycles. The molecule has 0 saturated carbocycles. The Labute approximate surface area is 145 Å². The number of rotatable bonds is 4. The normalized spacial score (nSPS) is 11.1. The third-order valence-electron chi connectivity index (χ3n) is 3.59. The lowest BCUT2D eigenvalue weighted by molar-refractivity contribution is 0.403. The Morgan fingerprint density at radius 2 is 1.96 bits per heavy atom. The van der Waals surface area contributed by atoms with E-state index in [0.717, 1.165) is 6.26 Å². The standard InChI is InChI=1S/C17H14N4O3S/c1-24-15-10-13(3-4-16(15)25(2,22)23)14-6-8-20-21(14)17-9-12(11-18)5-7-19-17/h3-10H,1-2H3. The van der Waals surface area contributed by atoms with Crippen LogP contribution in [0.5, 0.6) is 5.75 Å². The zero-order valence-electron chi connectivity index (χ0n) is 13.5. The van der Waals surface area contributed by atoms with Crippen LogP contribution in [0.15, 0.2) is 53.7 Å².